The zero-order valence-corrected chi connectivity index (χ0v) is 20.4. The van der Waals surface area contributed by atoms with Crippen molar-refractivity contribution in [2.45, 2.75) is 57.7 Å². The summed E-state index contributed by atoms with van der Waals surface area (Å²) in [4.78, 5) is 0. The number of hydrogen-bond donors (Lipinski definition) is 1. The standard InChI is InChI=1S/C22H26BrCl2NO2.ClH/c1-27-21-11-15(13-26-18-6-4-2-3-5-7-18)10-19(23)22(21)28-14-16-8-9-17(24)12-20(16)25;/h8-12,18,26H,2-7,13-14H2,1H3;1H. The average molecular weight is 524 g/mol. The smallest absolute Gasteiger partial charge is 0.175 e. The van der Waals surface area contributed by atoms with E-state index in [1.807, 2.05) is 12.1 Å². The zero-order valence-electron chi connectivity index (χ0n) is 16.5. The quantitative estimate of drug-likeness (QED) is 0.380. The van der Waals surface area contributed by atoms with Crippen LogP contribution in [-0.2, 0) is 13.2 Å². The molecule has 0 atom stereocenters. The average Bonchev–Trinajstić information content (AvgIpc) is 2.95. The van der Waals surface area contributed by atoms with Gasteiger partial charge in [-0.25, -0.2) is 0 Å². The molecule has 0 aliphatic heterocycles. The van der Waals surface area contributed by atoms with Crippen LogP contribution >= 0.6 is 51.5 Å². The number of nitrogens with one attached hydrogen (secondary N) is 1. The van der Waals surface area contributed by atoms with Crippen molar-refractivity contribution in [3.05, 3.63) is 56.0 Å². The maximum atomic E-state index is 6.25. The van der Waals surface area contributed by atoms with E-state index < -0.39 is 0 Å². The summed E-state index contributed by atoms with van der Waals surface area (Å²) < 4.78 is 12.5. The molecule has 3 nitrogen and oxygen atoms in total. The van der Waals surface area contributed by atoms with Crippen LogP contribution in [0.2, 0.25) is 10.0 Å². The molecule has 1 aliphatic rings. The van der Waals surface area contributed by atoms with E-state index in [-0.39, 0.29) is 12.4 Å². The SMILES string of the molecule is COc1cc(CNC2CCCCCC2)cc(Br)c1OCc1ccc(Cl)cc1Cl.Cl. The van der Waals surface area contributed by atoms with Crippen molar-refractivity contribution in [3.63, 3.8) is 0 Å². The highest BCUT2D eigenvalue weighted by atomic mass is 79.9. The Labute approximate surface area is 198 Å². The van der Waals surface area contributed by atoms with Crippen LogP contribution < -0.4 is 14.8 Å². The third-order valence-corrected chi connectivity index (χ3v) is 6.30. The van der Waals surface area contributed by atoms with Gasteiger partial charge in [-0.2, -0.15) is 0 Å². The Morgan fingerprint density at radius 2 is 1.79 bits per heavy atom. The number of hydrogen-bond acceptors (Lipinski definition) is 3. The molecule has 3 rings (SSSR count). The first-order chi connectivity index (χ1) is 13.6. The first-order valence-electron chi connectivity index (χ1n) is 9.73. The Morgan fingerprint density at radius 3 is 2.45 bits per heavy atom. The first kappa shape index (κ1) is 24.6. The van der Waals surface area contributed by atoms with E-state index in [4.69, 9.17) is 32.7 Å². The van der Waals surface area contributed by atoms with Gasteiger partial charge in [-0.05, 0) is 58.6 Å². The Morgan fingerprint density at radius 1 is 1.07 bits per heavy atom. The third-order valence-electron chi connectivity index (χ3n) is 5.13. The molecule has 0 aromatic heterocycles. The van der Waals surface area contributed by atoms with Gasteiger partial charge in [-0.1, -0.05) is 55.0 Å². The van der Waals surface area contributed by atoms with E-state index >= 15 is 0 Å². The molecule has 0 heterocycles. The van der Waals surface area contributed by atoms with E-state index in [0.717, 1.165) is 16.6 Å². The minimum atomic E-state index is 0. The molecule has 0 bridgehead atoms. The summed E-state index contributed by atoms with van der Waals surface area (Å²) in [6.07, 6.45) is 7.90. The van der Waals surface area contributed by atoms with Gasteiger partial charge in [0.05, 0.1) is 11.6 Å². The van der Waals surface area contributed by atoms with Crippen LogP contribution in [0.4, 0.5) is 0 Å². The summed E-state index contributed by atoms with van der Waals surface area (Å²) in [5.41, 5.74) is 2.05. The predicted molar refractivity (Wildman–Crippen MR) is 127 cm³/mol. The van der Waals surface area contributed by atoms with Crippen LogP contribution in [0.15, 0.2) is 34.8 Å². The summed E-state index contributed by atoms with van der Waals surface area (Å²) >= 11 is 15.8. The monoisotopic (exact) mass is 521 g/mol. The van der Waals surface area contributed by atoms with Crippen molar-refractivity contribution < 1.29 is 9.47 Å². The molecule has 160 valence electrons. The van der Waals surface area contributed by atoms with Crippen LogP contribution in [-0.4, -0.2) is 13.2 Å². The molecule has 0 saturated heterocycles. The lowest BCUT2D eigenvalue weighted by atomic mass is 10.1. The number of rotatable bonds is 7. The topological polar surface area (TPSA) is 30.5 Å². The highest BCUT2D eigenvalue weighted by molar-refractivity contribution is 9.10. The molecular formula is C22H27BrCl3NO2. The minimum Gasteiger partial charge on any atom is -0.493 e. The van der Waals surface area contributed by atoms with Crippen molar-refractivity contribution in [1.29, 1.82) is 0 Å². The molecule has 0 amide bonds. The maximum Gasteiger partial charge on any atom is 0.175 e. The van der Waals surface area contributed by atoms with Gasteiger partial charge >= 0.3 is 0 Å². The lowest BCUT2D eigenvalue weighted by molar-refractivity contribution is 0.282. The van der Waals surface area contributed by atoms with Gasteiger partial charge in [0, 0.05) is 28.2 Å². The second-order valence-electron chi connectivity index (χ2n) is 7.20. The Balaban J connectivity index is 0.00000300. The fourth-order valence-electron chi connectivity index (χ4n) is 3.55. The van der Waals surface area contributed by atoms with Gasteiger partial charge in [0.2, 0.25) is 0 Å². The second kappa shape index (κ2) is 12.3. The number of methoxy groups -OCH3 is 1. The van der Waals surface area contributed by atoms with Crippen LogP contribution in [0, 0.1) is 0 Å². The normalized spacial score (nSPS) is 14.8. The largest absolute Gasteiger partial charge is 0.493 e. The van der Waals surface area contributed by atoms with Crippen molar-refractivity contribution in [1.82, 2.24) is 5.32 Å². The molecule has 1 fully saturated rings. The predicted octanol–water partition coefficient (Wildman–Crippen LogP) is 7.58. The fraction of sp³-hybridized carbons (Fsp3) is 0.455. The summed E-state index contributed by atoms with van der Waals surface area (Å²) in [5, 5.41) is 4.90. The highest BCUT2D eigenvalue weighted by Gasteiger charge is 2.15. The molecule has 2 aromatic carbocycles. The lowest BCUT2D eigenvalue weighted by Gasteiger charge is -2.18. The Bertz CT molecular complexity index is 796. The Kier molecular flexibility index (Phi) is 10.4. The number of ether oxygens (including phenoxy) is 2. The molecule has 1 N–H and O–H groups in total. The van der Waals surface area contributed by atoms with Crippen molar-refractivity contribution in [2.75, 3.05) is 7.11 Å². The molecule has 1 aliphatic carbocycles. The first-order valence-corrected chi connectivity index (χ1v) is 11.3. The molecule has 0 spiro atoms. The van der Waals surface area contributed by atoms with E-state index in [1.54, 1.807) is 19.2 Å². The minimum absolute atomic E-state index is 0. The van der Waals surface area contributed by atoms with Crippen molar-refractivity contribution in [3.8, 4) is 11.5 Å². The van der Waals surface area contributed by atoms with Crippen molar-refractivity contribution >= 4 is 51.5 Å². The van der Waals surface area contributed by atoms with Crippen molar-refractivity contribution in [2.24, 2.45) is 0 Å². The van der Waals surface area contributed by atoms with E-state index in [9.17, 15) is 0 Å². The summed E-state index contributed by atoms with van der Waals surface area (Å²) in [5.74, 6) is 1.38. The van der Waals surface area contributed by atoms with E-state index in [0.29, 0.717) is 34.2 Å². The fourth-order valence-corrected chi connectivity index (χ4v) is 4.62. The van der Waals surface area contributed by atoms with Gasteiger partial charge < -0.3 is 14.8 Å². The Hall–Kier alpha value is -0.650. The number of halogens is 4. The van der Waals surface area contributed by atoms with Crippen LogP contribution in [0.3, 0.4) is 0 Å². The molecule has 0 radical (unpaired) electrons. The van der Waals surface area contributed by atoms with Crippen LogP contribution in [0.5, 0.6) is 11.5 Å². The third kappa shape index (κ3) is 7.22. The van der Waals surface area contributed by atoms with Gasteiger partial charge in [-0.3, -0.25) is 0 Å². The summed E-state index contributed by atoms with van der Waals surface area (Å²) in [6, 6.07) is 10.1. The molecule has 7 heteroatoms. The molecule has 2 aromatic rings. The van der Waals surface area contributed by atoms with Gasteiger partial charge in [-0.15, -0.1) is 12.4 Å². The highest BCUT2D eigenvalue weighted by Crippen LogP contribution is 2.37. The molecule has 29 heavy (non-hydrogen) atoms. The van der Waals surface area contributed by atoms with E-state index in [1.165, 1.54) is 44.1 Å². The lowest BCUT2D eigenvalue weighted by Crippen LogP contribution is -2.27. The van der Waals surface area contributed by atoms with E-state index in [2.05, 4.69) is 27.3 Å². The van der Waals surface area contributed by atoms with Crippen LogP contribution in [0.1, 0.15) is 49.7 Å². The zero-order chi connectivity index (χ0) is 19.9. The van der Waals surface area contributed by atoms with Gasteiger partial charge in [0.15, 0.2) is 11.5 Å². The second-order valence-corrected chi connectivity index (χ2v) is 8.90. The molecular weight excluding hydrogens is 497 g/mol. The van der Waals surface area contributed by atoms with Gasteiger partial charge in [0.1, 0.15) is 6.61 Å². The van der Waals surface area contributed by atoms with Crippen LogP contribution in [0.25, 0.3) is 0 Å². The summed E-state index contributed by atoms with van der Waals surface area (Å²) in [6.45, 7) is 1.16. The molecule has 0 unspecified atom stereocenters. The number of benzene rings is 2. The molecule has 1 saturated carbocycles. The maximum absolute atomic E-state index is 6.25. The summed E-state index contributed by atoms with van der Waals surface area (Å²) in [7, 11) is 1.66. The van der Waals surface area contributed by atoms with Gasteiger partial charge in [0.25, 0.3) is 0 Å².